The number of rotatable bonds is 6. The van der Waals surface area contributed by atoms with Crippen LogP contribution in [0, 0.1) is 5.92 Å². The average molecular weight is 362 g/mol. The van der Waals surface area contributed by atoms with E-state index in [1.54, 1.807) is 12.1 Å². The van der Waals surface area contributed by atoms with Crippen LogP contribution in [0.2, 0.25) is 0 Å². The minimum atomic E-state index is -1.58. The number of carbonyl (C=O) groups is 1. The number of aliphatic carboxylic acids is 1. The molecule has 1 aliphatic rings. The lowest BCUT2D eigenvalue weighted by molar-refractivity contribution is -0.134. The molecule has 0 saturated carbocycles. The van der Waals surface area contributed by atoms with Crippen molar-refractivity contribution in [3.8, 4) is 11.5 Å². The molecule has 0 bridgehead atoms. The minimum absolute atomic E-state index is 0.0411. The van der Waals surface area contributed by atoms with E-state index in [4.69, 9.17) is 14.6 Å². The van der Waals surface area contributed by atoms with Crippen molar-refractivity contribution in [1.29, 1.82) is 0 Å². The summed E-state index contributed by atoms with van der Waals surface area (Å²) < 4.78 is 26.0. The summed E-state index contributed by atoms with van der Waals surface area (Å²) in [7, 11) is 0. The van der Waals surface area contributed by atoms with Gasteiger partial charge in [0.1, 0.15) is 17.1 Å². The van der Waals surface area contributed by atoms with Gasteiger partial charge in [0.2, 0.25) is 5.83 Å². The summed E-state index contributed by atoms with van der Waals surface area (Å²) in [6.45, 7) is 12.0. The predicted octanol–water partition coefficient (Wildman–Crippen LogP) is 5.47. The average Bonchev–Trinajstić information content (AvgIpc) is 2.56. The zero-order valence-corrected chi connectivity index (χ0v) is 16.3. The van der Waals surface area contributed by atoms with E-state index in [2.05, 4.69) is 19.9 Å². The second kappa shape index (κ2) is 7.52. The van der Waals surface area contributed by atoms with E-state index in [0.29, 0.717) is 23.7 Å². The van der Waals surface area contributed by atoms with Crippen molar-refractivity contribution in [2.45, 2.75) is 53.6 Å². The number of carboxylic acids is 1. The molecule has 2 rings (SSSR count). The van der Waals surface area contributed by atoms with Gasteiger partial charge in [-0.2, -0.15) is 4.39 Å². The molecule has 1 heterocycles. The first kappa shape index (κ1) is 20.0. The quantitative estimate of drug-likeness (QED) is 0.682. The molecule has 0 radical (unpaired) electrons. The second-order valence-electron chi connectivity index (χ2n) is 7.40. The van der Waals surface area contributed by atoms with Crippen LogP contribution in [0.15, 0.2) is 24.0 Å². The first-order valence-corrected chi connectivity index (χ1v) is 8.90. The van der Waals surface area contributed by atoms with Crippen molar-refractivity contribution >= 4 is 17.1 Å². The molecule has 0 unspecified atom stereocenters. The third-order valence-corrected chi connectivity index (χ3v) is 4.27. The molecule has 0 aliphatic carbocycles. The van der Waals surface area contributed by atoms with Gasteiger partial charge in [0.15, 0.2) is 0 Å². The largest absolute Gasteiger partial charge is 0.493 e. The Labute approximate surface area is 154 Å². The summed E-state index contributed by atoms with van der Waals surface area (Å²) in [4.78, 5) is 11.1. The maximum atomic E-state index is 14.1. The third-order valence-electron chi connectivity index (χ3n) is 4.27. The SMILES string of the molecule is CCCOc1cc2c(cc1C(C)=C(F)C(=O)O)C(C(C)C)=CC(C)(C)O2. The fourth-order valence-electron chi connectivity index (χ4n) is 3.02. The number of halogens is 1. The Bertz CT molecular complexity index is 772. The minimum Gasteiger partial charge on any atom is -0.493 e. The van der Waals surface area contributed by atoms with Crippen molar-refractivity contribution in [2.24, 2.45) is 5.92 Å². The Morgan fingerprint density at radius 2 is 2.00 bits per heavy atom. The molecule has 4 nitrogen and oxygen atoms in total. The second-order valence-corrected chi connectivity index (χ2v) is 7.40. The van der Waals surface area contributed by atoms with E-state index < -0.39 is 17.4 Å². The predicted molar refractivity (Wildman–Crippen MR) is 101 cm³/mol. The van der Waals surface area contributed by atoms with E-state index in [-0.39, 0.29) is 11.5 Å². The summed E-state index contributed by atoms with van der Waals surface area (Å²) in [5.74, 6) is -1.43. The van der Waals surface area contributed by atoms with Gasteiger partial charge in [0, 0.05) is 22.8 Å². The molecular formula is C21H27FO4. The number of allylic oxidation sites excluding steroid dienone is 2. The Morgan fingerprint density at radius 3 is 2.54 bits per heavy atom. The lowest BCUT2D eigenvalue weighted by Gasteiger charge is -2.33. The van der Waals surface area contributed by atoms with E-state index in [1.165, 1.54) is 6.92 Å². The van der Waals surface area contributed by atoms with Crippen molar-refractivity contribution in [1.82, 2.24) is 0 Å². The molecule has 1 aliphatic heterocycles. The molecule has 1 aromatic carbocycles. The summed E-state index contributed by atoms with van der Waals surface area (Å²) in [5.41, 5.74) is 1.94. The first-order chi connectivity index (χ1) is 12.1. The topological polar surface area (TPSA) is 55.8 Å². The molecule has 0 saturated heterocycles. The van der Waals surface area contributed by atoms with Gasteiger partial charge in [0.25, 0.3) is 0 Å². The zero-order valence-electron chi connectivity index (χ0n) is 16.3. The van der Waals surface area contributed by atoms with Gasteiger partial charge in [-0.3, -0.25) is 0 Å². The highest BCUT2D eigenvalue weighted by molar-refractivity contribution is 5.95. The van der Waals surface area contributed by atoms with Crippen LogP contribution in [0.4, 0.5) is 4.39 Å². The third kappa shape index (κ3) is 4.09. The normalized spacial score (nSPS) is 16.4. The van der Waals surface area contributed by atoms with Gasteiger partial charge in [-0.25, -0.2) is 4.79 Å². The summed E-state index contributed by atoms with van der Waals surface area (Å²) in [6, 6.07) is 3.52. The lowest BCUT2D eigenvalue weighted by Crippen LogP contribution is -2.30. The molecule has 0 spiro atoms. The van der Waals surface area contributed by atoms with Crippen LogP contribution in [0.25, 0.3) is 11.1 Å². The van der Waals surface area contributed by atoms with Crippen molar-refractivity contribution in [3.63, 3.8) is 0 Å². The van der Waals surface area contributed by atoms with Crippen molar-refractivity contribution < 1.29 is 23.8 Å². The maximum absolute atomic E-state index is 14.1. The Kier molecular flexibility index (Phi) is 5.79. The molecule has 1 N–H and O–H groups in total. The molecule has 0 fully saturated rings. The van der Waals surface area contributed by atoms with Crippen LogP contribution >= 0.6 is 0 Å². The Balaban J connectivity index is 2.71. The Hall–Kier alpha value is -2.30. The number of fused-ring (bicyclic) bond motifs is 1. The van der Waals surface area contributed by atoms with Gasteiger partial charge < -0.3 is 14.6 Å². The molecule has 26 heavy (non-hydrogen) atoms. The molecular weight excluding hydrogens is 335 g/mol. The lowest BCUT2D eigenvalue weighted by atomic mass is 9.86. The number of carboxylic acid groups (broad SMARTS) is 1. The van der Waals surface area contributed by atoms with Gasteiger partial charge >= 0.3 is 5.97 Å². The van der Waals surface area contributed by atoms with Crippen LogP contribution < -0.4 is 9.47 Å². The van der Waals surface area contributed by atoms with E-state index in [1.807, 2.05) is 20.8 Å². The van der Waals surface area contributed by atoms with Crippen molar-refractivity contribution in [2.75, 3.05) is 6.61 Å². The van der Waals surface area contributed by atoms with Crippen LogP contribution in [0.5, 0.6) is 11.5 Å². The van der Waals surface area contributed by atoms with Crippen LogP contribution in [0.1, 0.15) is 59.1 Å². The molecule has 0 amide bonds. The summed E-state index contributed by atoms with van der Waals surface area (Å²) in [6.07, 6.45) is 2.84. The highest BCUT2D eigenvalue weighted by Crippen LogP contribution is 2.44. The molecule has 0 atom stereocenters. The van der Waals surface area contributed by atoms with Crippen LogP contribution in [0.3, 0.4) is 0 Å². The smallest absolute Gasteiger partial charge is 0.365 e. The van der Waals surface area contributed by atoms with Gasteiger partial charge in [0.05, 0.1) is 6.61 Å². The monoisotopic (exact) mass is 362 g/mol. The molecule has 0 aromatic heterocycles. The van der Waals surface area contributed by atoms with E-state index in [9.17, 15) is 9.18 Å². The molecule has 1 aromatic rings. The van der Waals surface area contributed by atoms with Crippen LogP contribution in [-0.2, 0) is 4.79 Å². The number of benzene rings is 1. The Morgan fingerprint density at radius 1 is 1.35 bits per heavy atom. The van der Waals surface area contributed by atoms with Crippen molar-refractivity contribution in [3.05, 3.63) is 35.2 Å². The number of hydrogen-bond donors (Lipinski definition) is 1. The molecule has 5 heteroatoms. The highest BCUT2D eigenvalue weighted by Gasteiger charge is 2.30. The number of hydrogen-bond acceptors (Lipinski definition) is 3. The first-order valence-electron chi connectivity index (χ1n) is 8.90. The molecule has 142 valence electrons. The van der Waals surface area contributed by atoms with Gasteiger partial charge in [-0.05, 0) is 50.8 Å². The number of ether oxygens (including phenoxy) is 2. The fourth-order valence-corrected chi connectivity index (χ4v) is 3.02. The van der Waals surface area contributed by atoms with E-state index in [0.717, 1.165) is 17.6 Å². The maximum Gasteiger partial charge on any atom is 0.365 e. The standard InChI is InChI=1S/C21H27FO4/c1-7-8-25-17-10-18-15(9-14(17)13(4)19(22)20(23)24)16(12(2)3)11-21(5,6)26-18/h9-12H,7-8H2,1-6H3,(H,23,24). The highest BCUT2D eigenvalue weighted by atomic mass is 19.1. The van der Waals surface area contributed by atoms with Gasteiger partial charge in [-0.15, -0.1) is 0 Å². The summed E-state index contributed by atoms with van der Waals surface area (Å²) >= 11 is 0. The zero-order chi connectivity index (χ0) is 19.6. The fraction of sp³-hybridized carbons (Fsp3) is 0.476. The van der Waals surface area contributed by atoms with E-state index >= 15 is 0 Å². The van der Waals surface area contributed by atoms with Crippen LogP contribution in [-0.4, -0.2) is 23.3 Å². The summed E-state index contributed by atoms with van der Waals surface area (Å²) in [5, 5.41) is 9.02. The van der Waals surface area contributed by atoms with Gasteiger partial charge in [-0.1, -0.05) is 20.8 Å².